The van der Waals surface area contributed by atoms with Crippen molar-refractivity contribution in [2.75, 3.05) is 25.4 Å². The molecule has 1 amide bonds. The zero-order valence-corrected chi connectivity index (χ0v) is 22.7. The maximum atomic E-state index is 12.7. The number of hydrogen-bond acceptors (Lipinski definition) is 7. The number of sulfone groups is 1. The molecule has 1 saturated heterocycles. The molecule has 1 N–H and O–H groups in total. The largest absolute Gasteiger partial charge is 0.487 e. The highest BCUT2D eigenvalue weighted by Crippen LogP contribution is 2.41. The number of fused-ring (bicyclic) bond motifs is 1. The summed E-state index contributed by atoms with van der Waals surface area (Å²) in [4.78, 5) is 17.9. The van der Waals surface area contributed by atoms with Gasteiger partial charge in [0.25, 0.3) is 0 Å². The molecule has 0 aliphatic carbocycles. The van der Waals surface area contributed by atoms with Crippen molar-refractivity contribution in [3.63, 3.8) is 0 Å². The SMILES string of the molecule is CC(CO)CS(=O)(=O)Cc1ccc(-c2ccc3c(c2)CCC2(CCN(C(=O)O[C@H](C)C(F)(F)F)CC2)O3)nc1. The average Bonchev–Trinajstić information content (AvgIpc) is 2.88. The highest BCUT2D eigenvalue weighted by atomic mass is 32.2. The Kier molecular flexibility index (Phi) is 8.46. The van der Waals surface area contributed by atoms with Crippen molar-refractivity contribution in [3.8, 4) is 17.0 Å². The molecule has 214 valence electrons. The molecule has 2 aliphatic rings. The molecular weight excluding hydrogens is 537 g/mol. The number of piperidine rings is 1. The molecular formula is C27H33F3N2O6S. The van der Waals surface area contributed by atoms with Gasteiger partial charge in [-0.05, 0) is 61.1 Å². The van der Waals surface area contributed by atoms with E-state index in [1.54, 1.807) is 25.3 Å². The summed E-state index contributed by atoms with van der Waals surface area (Å²) >= 11 is 0. The number of halogens is 3. The van der Waals surface area contributed by atoms with E-state index in [1.807, 2.05) is 18.2 Å². The van der Waals surface area contributed by atoms with Crippen LogP contribution in [0.2, 0.25) is 0 Å². The lowest BCUT2D eigenvalue weighted by molar-refractivity contribution is -0.200. The number of hydrogen-bond donors (Lipinski definition) is 1. The average molecular weight is 571 g/mol. The second kappa shape index (κ2) is 11.3. The number of alkyl halides is 3. The molecule has 2 atom stereocenters. The van der Waals surface area contributed by atoms with E-state index in [2.05, 4.69) is 9.72 Å². The lowest BCUT2D eigenvalue weighted by Gasteiger charge is -2.44. The first-order chi connectivity index (χ1) is 18.3. The van der Waals surface area contributed by atoms with Gasteiger partial charge in [0.1, 0.15) is 11.4 Å². The van der Waals surface area contributed by atoms with E-state index in [0.29, 0.717) is 30.5 Å². The topological polar surface area (TPSA) is 106 Å². The van der Waals surface area contributed by atoms with Gasteiger partial charge in [0, 0.05) is 44.3 Å². The molecule has 1 unspecified atom stereocenters. The van der Waals surface area contributed by atoms with Crippen molar-refractivity contribution in [1.29, 1.82) is 0 Å². The number of likely N-dealkylation sites (tertiary alicyclic amines) is 1. The Bertz CT molecular complexity index is 1280. The number of ether oxygens (including phenoxy) is 2. The molecule has 0 bridgehead atoms. The van der Waals surface area contributed by atoms with E-state index in [4.69, 9.17) is 9.84 Å². The molecule has 8 nitrogen and oxygen atoms in total. The molecule has 12 heteroatoms. The van der Waals surface area contributed by atoms with E-state index >= 15 is 0 Å². The quantitative estimate of drug-likeness (QED) is 0.521. The Labute approximate surface area is 226 Å². The van der Waals surface area contributed by atoms with Crippen LogP contribution in [0, 0.1) is 5.92 Å². The number of aliphatic hydroxyl groups is 1. The van der Waals surface area contributed by atoms with E-state index in [0.717, 1.165) is 30.2 Å². The van der Waals surface area contributed by atoms with Crippen molar-refractivity contribution >= 4 is 15.9 Å². The number of aromatic nitrogens is 1. The van der Waals surface area contributed by atoms with Crippen LogP contribution in [0.3, 0.4) is 0 Å². The Morgan fingerprint density at radius 1 is 1.18 bits per heavy atom. The second-order valence-corrected chi connectivity index (χ2v) is 12.7. The minimum atomic E-state index is -4.60. The third-order valence-electron chi connectivity index (χ3n) is 7.27. The molecule has 4 rings (SSSR count). The third-order valence-corrected chi connectivity index (χ3v) is 9.12. The van der Waals surface area contributed by atoms with Crippen LogP contribution < -0.4 is 4.74 Å². The first-order valence-electron chi connectivity index (χ1n) is 12.9. The molecule has 1 fully saturated rings. The third kappa shape index (κ3) is 7.21. The summed E-state index contributed by atoms with van der Waals surface area (Å²) in [6, 6.07) is 9.26. The molecule has 0 radical (unpaired) electrons. The van der Waals surface area contributed by atoms with Crippen LogP contribution in [0.1, 0.15) is 44.2 Å². The molecule has 2 aliphatic heterocycles. The number of benzene rings is 1. The summed E-state index contributed by atoms with van der Waals surface area (Å²) < 4.78 is 73.7. The minimum absolute atomic E-state index is 0.0864. The standard InChI is InChI=1S/C27H33F3N2O6S/c1-18(15-33)16-39(35,36)17-20-3-5-23(31-14-20)21-4-6-24-22(13-21)7-8-26(38-24)9-11-32(12-10-26)25(34)37-19(2)27(28,29)30/h3-6,13-14,18-19,33H,7-12,15-17H2,1-2H3/t18?,19-/m1/s1. The lowest BCUT2D eigenvalue weighted by atomic mass is 9.83. The summed E-state index contributed by atoms with van der Waals surface area (Å²) in [5.41, 5.74) is 2.66. The predicted molar refractivity (Wildman–Crippen MR) is 138 cm³/mol. The van der Waals surface area contributed by atoms with Crippen LogP contribution in [0.25, 0.3) is 11.3 Å². The van der Waals surface area contributed by atoms with Crippen molar-refractivity contribution < 1.29 is 41.0 Å². The van der Waals surface area contributed by atoms with E-state index in [1.165, 1.54) is 4.90 Å². The Morgan fingerprint density at radius 2 is 1.90 bits per heavy atom. The Hall–Kier alpha value is -2.86. The van der Waals surface area contributed by atoms with Crippen LogP contribution in [-0.4, -0.2) is 72.8 Å². The van der Waals surface area contributed by atoms with Crippen LogP contribution in [0.15, 0.2) is 36.5 Å². The van der Waals surface area contributed by atoms with Gasteiger partial charge in [-0.15, -0.1) is 0 Å². The van der Waals surface area contributed by atoms with Gasteiger partial charge in [0.15, 0.2) is 15.9 Å². The minimum Gasteiger partial charge on any atom is -0.487 e. The molecule has 3 heterocycles. The van der Waals surface area contributed by atoms with Gasteiger partial charge in [-0.1, -0.05) is 13.0 Å². The number of carbonyl (C=O) groups is 1. The first kappa shape index (κ1) is 29.1. The van der Waals surface area contributed by atoms with Crippen molar-refractivity contribution in [1.82, 2.24) is 9.88 Å². The van der Waals surface area contributed by atoms with Gasteiger partial charge in [-0.25, -0.2) is 13.2 Å². The number of aliphatic hydroxyl groups excluding tert-OH is 1. The number of rotatable bonds is 7. The first-order valence-corrected chi connectivity index (χ1v) is 14.7. The molecule has 2 aromatic rings. The maximum Gasteiger partial charge on any atom is 0.425 e. The molecule has 39 heavy (non-hydrogen) atoms. The maximum absolute atomic E-state index is 12.7. The van der Waals surface area contributed by atoms with E-state index in [-0.39, 0.29) is 37.1 Å². The van der Waals surface area contributed by atoms with Crippen molar-refractivity contribution in [2.45, 2.75) is 63.2 Å². The highest BCUT2D eigenvalue weighted by molar-refractivity contribution is 7.90. The summed E-state index contributed by atoms with van der Waals surface area (Å²) in [5.74, 6) is 0.181. The summed E-state index contributed by atoms with van der Waals surface area (Å²) in [7, 11) is -3.36. The fourth-order valence-electron chi connectivity index (χ4n) is 4.90. The molecule has 1 aromatic carbocycles. The lowest BCUT2D eigenvalue weighted by Crippen LogP contribution is -2.52. The van der Waals surface area contributed by atoms with Gasteiger partial charge in [-0.2, -0.15) is 13.2 Å². The zero-order chi connectivity index (χ0) is 28.4. The zero-order valence-electron chi connectivity index (χ0n) is 21.9. The number of carbonyl (C=O) groups excluding carboxylic acids is 1. The normalized spacial score (nSPS) is 18.7. The molecule has 1 aromatic heterocycles. The number of nitrogens with zero attached hydrogens (tertiary/aromatic N) is 2. The highest BCUT2D eigenvalue weighted by Gasteiger charge is 2.43. The summed E-state index contributed by atoms with van der Waals surface area (Å²) in [6.07, 6.45) is -3.74. The van der Waals surface area contributed by atoms with Crippen LogP contribution >= 0.6 is 0 Å². The van der Waals surface area contributed by atoms with Crippen LogP contribution in [-0.2, 0) is 26.7 Å². The van der Waals surface area contributed by atoms with Gasteiger partial charge < -0.3 is 19.5 Å². The smallest absolute Gasteiger partial charge is 0.425 e. The number of aryl methyl sites for hydroxylation is 1. The Morgan fingerprint density at radius 3 is 2.51 bits per heavy atom. The van der Waals surface area contributed by atoms with E-state index < -0.39 is 33.8 Å². The fraction of sp³-hybridized carbons (Fsp3) is 0.556. The summed E-state index contributed by atoms with van der Waals surface area (Å²) in [5, 5.41) is 9.13. The van der Waals surface area contributed by atoms with Crippen LogP contribution in [0.4, 0.5) is 18.0 Å². The van der Waals surface area contributed by atoms with Crippen molar-refractivity contribution in [3.05, 3.63) is 47.7 Å². The monoisotopic (exact) mass is 570 g/mol. The van der Waals surface area contributed by atoms with E-state index in [9.17, 15) is 26.4 Å². The fourth-order valence-corrected chi connectivity index (χ4v) is 6.67. The molecule has 1 spiro atoms. The Balaban J connectivity index is 1.36. The molecule has 0 saturated carbocycles. The van der Waals surface area contributed by atoms with Gasteiger partial charge in [-0.3, -0.25) is 4.98 Å². The van der Waals surface area contributed by atoms with Gasteiger partial charge in [0.2, 0.25) is 0 Å². The predicted octanol–water partition coefficient (Wildman–Crippen LogP) is 4.54. The number of amides is 1. The number of pyridine rings is 1. The van der Waals surface area contributed by atoms with Crippen molar-refractivity contribution in [2.24, 2.45) is 5.92 Å². The van der Waals surface area contributed by atoms with Gasteiger partial charge >= 0.3 is 12.3 Å². The summed E-state index contributed by atoms with van der Waals surface area (Å²) in [6.45, 7) is 2.82. The van der Waals surface area contributed by atoms with Gasteiger partial charge in [0.05, 0.1) is 17.2 Å². The van der Waals surface area contributed by atoms with Crippen LogP contribution in [0.5, 0.6) is 5.75 Å². The second-order valence-electron chi connectivity index (χ2n) is 10.6.